The summed E-state index contributed by atoms with van der Waals surface area (Å²) in [5.41, 5.74) is 1.57. The Hall–Kier alpha value is -0.920. The van der Waals surface area contributed by atoms with E-state index in [0.717, 1.165) is 5.56 Å². The van der Waals surface area contributed by atoms with Gasteiger partial charge in [0.1, 0.15) is 15.9 Å². The Balaban J connectivity index is 0.00000200. The smallest absolute Gasteiger partial charge is 0.744 e. The minimum atomic E-state index is -4.41. The fraction of sp³-hybridized carbons (Fsp3) is 0.0769. The van der Waals surface area contributed by atoms with Gasteiger partial charge in [-0.05, 0) is 42.0 Å². The van der Waals surface area contributed by atoms with Gasteiger partial charge in [-0.3, -0.25) is 0 Å². The second-order valence-corrected chi connectivity index (χ2v) is 5.34. The number of benzene rings is 2. The molecule has 1 N–H and O–H groups in total. The molecule has 0 aromatic heterocycles. The van der Waals surface area contributed by atoms with E-state index >= 15 is 0 Å². The van der Waals surface area contributed by atoms with Gasteiger partial charge in [0.2, 0.25) is 0 Å². The first-order valence-corrected chi connectivity index (χ1v) is 6.90. The van der Waals surface area contributed by atoms with E-state index in [9.17, 15) is 17.4 Å². The van der Waals surface area contributed by atoms with Crippen LogP contribution in [0.3, 0.4) is 0 Å². The summed E-state index contributed by atoms with van der Waals surface area (Å²) < 4.78 is 44.9. The van der Waals surface area contributed by atoms with Gasteiger partial charge in [-0.15, -0.1) is 0 Å². The first-order chi connectivity index (χ1) is 8.95. The zero-order chi connectivity index (χ0) is 13.9. The van der Waals surface area contributed by atoms with E-state index in [1.165, 1.54) is 36.4 Å². The van der Waals surface area contributed by atoms with Gasteiger partial charge in [-0.25, -0.2) is 12.8 Å². The molecular formula is C13H11FNNaO3S. The molecule has 0 heterocycles. The third-order valence-electron chi connectivity index (χ3n) is 2.55. The van der Waals surface area contributed by atoms with E-state index in [-0.39, 0.29) is 40.3 Å². The Morgan fingerprint density at radius 1 is 1.00 bits per heavy atom. The zero-order valence-corrected chi connectivity index (χ0v) is 13.7. The summed E-state index contributed by atoms with van der Waals surface area (Å²) in [6, 6.07) is 11.5. The van der Waals surface area contributed by atoms with Crippen molar-refractivity contribution in [3.05, 3.63) is 59.9 Å². The van der Waals surface area contributed by atoms with Crippen molar-refractivity contribution in [2.24, 2.45) is 0 Å². The van der Waals surface area contributed by atoms with Crippen LogP contribution in [-0.4, -0.2) is 13.0 Å². The van der Waals surface area contributed by atoms with Gasteiger partial charge in [0.25, 0.3) is 0 Å². The monoisotopic (exact) mass is 303 g/mol. The van der Waals surface area contributed by atoms with Gasteiger partial charge < -0.3 is 9.87 Å². The van der Waals surface area contributed by atoms with Crippen molar-refractivity contribution in [1.82, 2.24) is 0 Å². The van der Waals surface area contributed by atoms with Gasteiger partial charge in [-0.1, -0.05) is 12.1 Å². The molecule has 4 nitrogen and oxygen atoms in total. The summed E-state index contributed by atoms with van der Waals surface area (Å²) in [6.07, 6.45) is 0. The molecular weight excluding hydrogens is 292 g/mol. The van der Waals surface area contributed by atoms with Crippen molar-refractivity contribution >= 4 is 15.8 Å². The van der Waals surface area contributed by atoms with Gasteiger partial charge in [0, 0.05) is 12.2 Å². The number of rotatable bonds is 4. The molecule has 0 fully saturated rings. The molecule has 0 saturated carbocycles. The van der Waals surface area contributed by atoms with E-state index in [1.807, 2.05) is 0 Å². The van der Waals surface area contributed by atoms with Gasteiger partial charge in [-0.2, -0.15) is 0 Å². The van der Waals surface area contributed by atoms with Crippen LogP contribution in [0.2, 0.25) is 0 Å². The van der Waals surface area contributed by atoms with Crippen molar-refractivity contribution in [2.75, 3.05) is 5.32 Å². The molecule has 0 radical (unpaired) electrons. The molecule has 0 atom stereocenters. The Labute approximate surface area is 139 Å². The first-order valence-electron chi connectivity index (χ1n) is 5.49. The second-order valence-electron chi connectivity index (χ2n) is 3.96. The fourth-order valence-electron chi connectivity index (χ4n) is 1.55. The van der Waals surface area contributed by atoms with Crippen LogP contribution in [0.5, 0.6) is 0 Å². The number of halogens is 1. The van der Waals surface area contributed by atoms with E-state index < -0.39 is 10.1 Å². The van der Waals surface area contributed by atoms with Crippen LogP contribution in [0.1, 0.15) is 5.56 Å². The van der Waals surface area contributed by atoms with Crippen LogP contribution >= 0.6 is 0 Å². The molecule has 0 aliphatic carbocycles. The van der Waals surface area contributed by atoms with Crippen molar-refractivity contribution in [1.29, 1.82) is 0 Å². The van der Waals surface area contributed by atoms with Crippen LogP contribution in [-0.2, 0) is 16.7 Å². The van der Waals surface area contributed by atoms with Crippen molar-refractivity contribution < 1.29 is 46.9 Å². The topological polar surface area (TPSA) is 69.2 Å². The average molecular weight is 303 g/mol. The van der Waals surface area contributed by atoms with Crippen molar-refractivity contribution in [2.45, 2.75) is 11.4 Å². The van der Waals surface area contributed by atoms with E-state index in [0.29, 0.717) is 12.2 Å². The quantitative estimate of drug-likeness (QED) is 0.602. The minimum absolute atomic E-state index is 0. The van der Waals surface area contributed by atoms with Gasteiger partial charge in [0.05, 0.1) is 4.90 Å². The SMILES string of the molecule is O=S(=O)([O-])c1ccc(NCc2ccc(F)cc2)cc1.[Na+]. The largest absolute Gasteiger partial charge is 1.00 e. The van der Waals surface area contributed by atoms with Crippen LogP contribution < -0.4 is 34.9 Å². The third-order valence-corrected chi connectivity index (χ3v) is 3.40. The third kappa shape index (κ3) is 4.88. The number of hydrogen-bond acceptors (Lipinski definition) is 4. The van der Waals surface area contributed by atoms with Crippen LogP contribution in [0, 0.1) is 5.82 Å². The molecule has 0 amide bonds. The number of hydrogen-bond donors (Lipinski definition) is 1. The summed E-state index contributed by atoms with van der Waals surface area (Å²) >= 11 is 0. The molecule has 0 unspecified atom stereocenters. The Morgan fingerprint density at radius 2 is 1.55 bits per heavy atom. The zero-order valence-electron chi connectivity index (χ0n) is 10.8. The molecule has 0 aliphatic rings. The summed E-state index contributed by atoms with van der Waals surface area (Å²) in [6.45, 7) is 0.476. The predicted molar refractivity (Wildman–Crippen MR) is 68.1 cm³/mol. The molecule has 2 rings (SSSR count). The van der Waals surface area contributed by atoms with Gasteiger partial charge >= 0.3 is 29.6 Å². The first kappa shape index (κ1) is 17.1. The normalized spacial score (nSPS) is 10.7. The second kappa shape index (κ2) is 7.19. The van der Waals surface area contributed by atoms with Crippen LogP contribution in [0.4, 0.5) is 10.1 Å². The van der Waals surface area contributed by atoms with Gasteiger partial charge in [0.15, 0.2) is 0 Å². The molecule has 0 bridgehead atoms. The maximum Gasteiger partial charge on any atom is 1.00 e. The summed E-state index contributed by atoms with van der Waals surface area (Å²) in [4.78, 5) is -0.264. The Kier molecular flexibility index (Phi) is 6.16. The Bertz CT molecular complexity index is 657. The Morgan fingerprint density at radius 3 is 2.05 bits per heavy atom. The summed E-state index contributed by atoms with van der Waals surface area (Å²) in [5.74, 6) is -0.297. The molecule has 2 aromatic rings. The fourth-order valence-corrected chi connectivity index (χ4v) is 2.02. The van der Waals surface area contributed by atoms with Crippen LogP contribution in [0.15, 0.2) is 53.4 Å². The molecule has 0 aliphatic heterocycles. The van der Waals surface area contributed by atoms with E-state index in [2.05, 4.69) is 5.32 Å². The van der Waals surface area contributed by atoms with E-state index in [4.69, 9.17) is 0 Å². The number of anilines is 1. The molecule has 20 heavy (non-hydrogen) atoms. The maximum absolute atomic E-state index is 12.7. The summed E-state index contributed by atoms with van der Waals surface area (Å²) in [5, 5.41) is 3.04. The van der Waals surface area contributed by atoms with Crippen LogP contribution in [0.25, 0.3) is 0 Å². The maximum atomic E-state index is 12.7. The summed E-state index contributed by atoms with van der Waals surface area (Å²) in [7, 11) is -4.41. The van der Waals surface area contributed by atoms with E-state index in [1.54, 1.807) is 12.1 Å². The minimum Gasteiger partial charge on any atom is -0.744 e. The van der Waals surface area contributed by atoms with Crippen molar-refractivity contribution in [3.8, 4) is 0 Å². The molecule has 2 aromatic carbocycles. The molecule has 0 spiro atoms. The predicted octanol–water partition coefficient (Wildman–Crippen LogP) is -0.654. The molecule has 7 heteroatoms. The standard InChI is InChI=1S/C13H12FNO3S.Na/c14-11-3-1-10(2-4-11)9-15-12-5-7-13(8-6-12)19(16,17)18;/h1-8,15H,9H2,(H,16,17,18);/q;+1/p-1. The molecule has 0 saturated heterocycles. The molecule has 100 valence electrons. The van der Waals surface area contributed by atoms with Crippen molar-refractivity contribution in [3.63, 3.8) is 0 Å². The average Bonchev–Trinajstić information content (AvgIpc) is 2.37. The number of nitrogens with one attached hydrogen (secondary N) is 1.